The summed E-state index contributed by atoms with van der Waals surface area (Å²) in [5.74, 6) is 1.32. The highest BCUT2D eigenvalue weighted by Gasteiger charge is 2.37. The maximum absolute atomic E-state index is 13.9. The summed E-state index contributed by atoms with van der Waals surface area (Å²) >= 11 is 1.37. The van der Waals surface area contributed by atoms with Crippen LogP contribution in [-0.2, 0) is 0 Å². The van der Waals surface area contributed by atoms with E-state index in [0.717, 1.165) is 0 Å². The van der Waals surface area contributed by atoms with Crippen LogP contribution in [0.3, 0.4) is 0 Å². The van der Waals surface area contributed by atoms with Crippen LogP contribution in [0.5, 0.6) is 17.4 Å². The molecule has 1 amide bonds. The molecule has 0 spiro atoms. The summed E-state index contributed by atoms with van der Waals surface area (Å²) in [6, 6.07) is 22.1. The summed E-state index contributed by atoms with van der Waals surface area (Å²) in [6.07, 6.45) is 1.03. The van der Waals surface area contributed by atoms with Gasteiger partial charge in [-0.25, -0.2) is 0 Å². The summed E-state index contributed by atoms with van der Waals surface area (Å²) in [6.45, 7) is 0.150. The van der Waals surface area contributed by atoms with Gasteiger partial charge in [0.05, 0.1) is 5.69 Å². The number of para-hydroxylation sites is 1. The number of aromatic nitrogens is 3. The van der Waals surface area contributed by atoms with Gasteiger partial charge in [-0.05, 0) is 42.7 Å². The number of carbonyl (C=O) groups is 1. The third kappa shape index (κ3) is 3.41. The van der Waals surface area contributed by atoms with Crippen LogP contribution in [0.1, 0.15) is 22.1 Å². The fourth-order valence-corrected chi connectivity index (χ4v) is 4.32. The molecule has 0 aliphatic carbocycles. The van der Waals surface area contributed by atoms with Crippen LogP contribution in [0, 0.1) is 0 Å². The Morgan fingerprint density at radius 3 is 2.62 bits per heavy atom. The molecule has 2 aliphatic rings. The van der Waals surface area contributed by atoms with Gasteiger partial charge in [0.25, 0.3) is 5.91 Å². The topological polar surface area (TPSA) is 86.7 Å². The number of nitrogens with zero attached hydrogens (tertiary/aromatic N) is 4. The Hall–Kier alpha value is -4.11. The molecule has 0 fully saturated rings. The molecular weight excluding hydrogens is 452 g/mol. The van der Waals surface area contributed by atoms with Crippen LogP contribution in [0.4, 0.5) is 5.69 Å². The van der Waals surface area contributed by atoms with Crippen molar-refractivity contribution >= 4 is 23.4 Å². The molecule has 0 unspecified atom stereocenters. The number of anilines is 1. The smallest absolute Gasteiger partial charge is 0.261 e. The third-order valence-electron chi connectivity index (χ3n) is 5.62. The van der Waals surface area contributed by atoms with E-state index in [0.29, 0.717) is 50.6 Å². The lowest BCUT2D eigenvalue weighted by Gasteiger charge is -2.31. The largest absolute Gasteiger partial charge is 0.454 e. The highest BCUT2D eigenvalue weighted by atomic mass is 32.2. The second-order valence-electron chi connectivity index (χ2n) is 7.59. The van der Waals surface area contributed by atoms with Gasteiger partial charge in [-0.1, -0.05) is 48.2 Å². The van der Waals surface area contributed by atoms with E-state index in [1.807, 2.05) is 66.9 Å². The second-order valence-corrected chi connectivity index (χ2v) is 8.37. The molecule has 4 aromatic rings. The molecule has 8 nitrogen and oxygen atoms in total. The van der Waals surface area contributed by atoms with Gasteiger partial charge in [-0.15, -0.1) is 10.2 Å². The molecule has 34 heavy (non-hydrogen) atoms. The van der Waals surface area contributed by atoms with E-state index in [2.05, 4.69) is 15.2 Å². The average molecular weight is 471 g/mol. The molecule has 0 saturated heterocycles. The van der Waals surface area contributed by atoms with E-state index in [1.54, 1.807) is 17.0 Å². The molecule has 0 N–H and O–H groups in total. The van der Waals surface area contributed by atoms with Crippen molar-refractivity contribution in [3.8, 4) is 28.6 Å². The van der Waals surface area contributed by atoms with Crippen molar-refractivity contribution in [1.29, 1.82) is 0 Å². The highest BCUT2D eigenvalue weighted by molar-refractivity contribution is 7.98. The molecule has 1 atom stereocenters. The molecule has 1 aromatic heterocycles. The van der Waals surface area contributed by atoms with Gasteiger partial charge in [-0.2, -0.15) is 4.98 Å². The Labute approximate surface area is 199 Å². The number of ether oxygens (including phenoxy) is 3. The molecule has 2 aliphatic heterocycles. The zero-order valence-electron chi connectivity index (χ0n) is 18.0. The second kappa shape index (κ2) is 8.35. The van der Waals surface area contributed by atoms with Crippen molar-refractivity contribution in [1.82, 2.24) is 15.2 Å². The number of amides is 1. The van der Waals surface area contributed by atoms with Crippen LogP contribution >= 0.6 is 11.8 Å². The van der Waals surface area contributed by atoms with Crippen LogP contribution in [0.2, 0.25) is 0 Å². The van der Waals surface area contributed by atoms with Gasteiger partial charge in [0.15, 0.2) is 17.2 Å². The number of hydrogen-bond acceptors (Lipinski definition) is 8. The predicted octanol–water partition coefficient (Wildman–Crippen LogP) is 4.73. The van der Waals surface area contributed by atoms with Gasteiger partial charge in [0.2, 0.25) is 24.1 Å². The zero-order chi connectivity index (χ0) is 23.1. The van der Waals surface area contributed by atoms with Gasteiger partial charge in [-0.3, -0.25) is 9.69 Å². The SMILES string of the molecule is CSc1nnc2c(n1)O[C@@H](c1ccc3c(c1)OCO3)N(C(=O)c1ccccc1)c1ccccc1-2. The lowest BCUT2D eigenvalue weighted by molar-refractivity contribution is 0.0909. The molecule has 0 saturated carbocycles. The van der Waals surface area contributed by atoms with Crippen molar-refractivity contribution in [3.05, 3.63) is 83.9 Å². The van der Waals surface area contributed by atoms with Crippen LogP contribution in [0.15, 0.2) is 78.0 Å². The number of hydrogen-bond donors (Lipinski definition) is 0. The molecule has 0 radical (unpaired) electrons. The predicted molar refractivity (Wildman–Crippen MR) is 126 cm³/mol. The molecule has 0 bridgehead atoms. The normalized spacial score (nSPS) is 15.7. The maximum atomic E-state index is 13.9. The van der Waals surface area contributed by atoms with E-state index in [-0.39, 0.29) is 12.7 Å². The highest BCUT2D eigenvalue weighted by Crippen LogP contribution is 2.45. The lowest BCUT2D eigenvalue weighted by atomic mass is 10.1. The molecule has 3 heterocycles. The summed E-state index contributed by atoms with van der Waals surface area (Å²) in [7, 11) is 0. The van der Waals surface area contributed by atoms with E-state index < -0.39 is 6.23 Å². The van der Waals surface area contributed by atoms with Gasteiger partial charge in [0, 0.05) is 16.7 Å². The lowest BCUT2D eigenvalue weighted by Crippen LogP contribution is -2.37. The fraction of sp³-hybridized carbons (Fsp3) is 0.120. The van der Waals surface area contributed by atoms with E-state index in [9.17, 15) is 4.79 Å². The van der Waals surface area contributed by atoms with Crippen LogP contribution in [-0.4, -0.2) is 34.1 Å². The monoisotopic (exact) mass is 470 g/mol. The Bertz CT molecular complexity index is 1400. The van der Waals surface area contributed by atoms with Crippen molar-refractivity contribution in [3.63, 3.8) is 0 Å². The number of thioether (sulfide) groups is 1. The average Bonchev–Trinajstić information content (AvgIpc) is 3.31. The first-order valence-corrected chi connectivity index (χ1v) is 11.8. The van der Waals surface area contributed by atoms with E-state index in [4.69, 9.17) is 14.2 Å². The van der Waals surface area contributed by atoms with Crippen molar-refractivity contribution < 1.29 is 19.0 Å². The number of fused-ring (bicyclic) bond motifs is 4. The van der Waals surface area contributed by atoms with Gasteiger partial charge < -0.3 is 14.2 Å². The number of benzene rings is 3. The Kier molecular flexibility index (Phi) is 5.03. The first kappa shape index (κ1) is 20.5. The summed E-state index contributed by atoms with van der Waals surface area (Å²) in [5, 5.41) is 9.08. The quantitative estimate of drug-likeness (QED) is 0.397. The molecule has 9 heteroatoms. The number of carbonyl (C=O) groups excluding carboxylic acids is 1. The summed E-state index contributed by atoms with van der Waals surface area (Å²) in [5.41, 5.74) is 3.06. The molecular formula is C25H18N4O4S. The summed E-state index contributed by atoms with van der Waals surface area (Å²) < 4.78 is 17.5. The Morgan fingerprint density at radius 1 is 0.971 bits per heavy atom. The van der Waals surface area contributed by atoms with Crippen molar-refractivity contribution in [2.75, 3.05) is 17.9 Å². The molecule has 3 aromatic carbocycles. The minimum absolute atomic E-state index is 0.150. The number of rotatable bonds is 3. The van der Waals surface area contributed by atoms with Gasteiger partial charge in [0.1, 0.15) is 0 Å². The van der Waals surface area contributed by atoms with Crippen LogP contribution in [0.25, 0.3) is 11.3 Å². The zero-order valence-corrected chi connectivity index (χ0v) is 18.9. The van der Waals surface area contributed by atoms with E-state index in [1.165, 1.54) is 11.8 Å². The van der Waals surface area contributed by atoms with Gasteiger partial charge >= 0.3 is 0 Å². The van der Waals surface area contributed by atoms with Crippen molar-refractivity contribution in [2.45, 2.75) is 11.4 Å². The third-order valence-corrected chi connectivity index (χ3v) is 6.15. The first-order valence-electron chi connectivity index (χ1n) is 10.6. The molecule has 6 rings (SSSR count). The van der Waals surface area contributed by atoms with Crippen molar-refractivity contribution in [2.24, 2.45) is 0 Å². The standard InChI is InChI=1S/C25H18N4O4S/c1-34-25-26-22-21(27-28-25)17-9-5-6-10-18(17)29(23(30)15-7-3-2-4-8-15)24(33-22)16-11-12-19-20(13-16)32-14-31-19/h2-13,24H,14H2,1H3/t24-/m0/s1. The Morgan fingerprint density at radius 2 is 1.76 bits per heavy atom. The maximum Gasteiger partial charge on any atom is 0.261 e. The van der Waals surface area contributed by atoms with Crippen LogP contribution < -0.4 is 19.1 Å². The minimum Gasteiger partial charge on any atom is -0.454 e. The Balaban J connectivity index is 1.58. The summed E-state index contributed by atoms with van der Waals surface area (Å²) in [4.78, 5) is 20.1. The first-order chi connectivity index (χ1) is 16.7. The minimum atomic E-state index is -0.837. The fourth-order valence-electron chi connectivity index (χ4n) is 4.02. The van der Waals surface area contributed by atoms with E-state index >= 15 is 0 Å². The molecule has 168 valence electrons.